The molecule has 1 aliphatic heterocycles. The first kappa shape index (κ1) is 12.9. The summed E-state index contributed by atoms with van der Waals surface area (Å²) >= 11 is 0. The van der Waals surface area contributed by atoms with Crippen LogP contribution in [0.25, 0.3) is 0 Å². The highest BCUT2D eigenvalue weighted by molar-refractivity contribution is 4.92. The quantitative estimate of drug-likeness (QED) is 0.746. The molecule has 0 amide bonds. The molecule has 0 spiro atoms. The Morgan fingerprint density at radius 1 is 1.18 bits per heavy atom. The number of nitrogens with one attached hydrogen (secondary N) is 1. The molecule has 1 N–H and O–H groups in total. The summed E-state index contributed by atoms with van der Waals surface area (Å²) < 4.78 is 0. The van der Waals surface area contributed by atoms with E-state index in [1.807, 2.05) is 0 Å². The third kappa shape index (κ3) is 3.69. The van der Waals surface area contributed by atoms with Gasteiger partial charge in [0.15, 0.2) is 0 Å². The van der Waals surface area contributed by atoms with Crippen molar-refractivity contribution in [3.8, 4) is 6.07 Å². The molecule has 0 radical (unpaired) electrons. The van der Waals surface area contributed by atoms with Crippen molar-refractivity contribution in [1.29, 1.82) is 5.26 Å². The van der Waals surface area contributed by atoms with E-state index < -0.39 is 0 Å². The molecule has 1 aliphatic carbocycles. The zero-order valence-corrected chi connectivity index (χ0v) is 11.0. The molecular formula is C14H25N3. The lowest BCUT2D eigenvalue weighted by atomic mass is 10.0. The molecule has 96 valence electrons. The minimum absolute atomic E-state index is 0.381. The maximum Gasteiger partial charge on any atom is 0.0638 e. The molecule has 0 aromatic carbocycles. The van der Waals surface area contributed by atoms with Crippen LogP contribution in [0.4, 0.5) is 0 Å². The molecule has 2 fully saturated rings. The first-order chi connectivity index (χ1) is 8.29. The highest BCUT2D eigenvalue weighted by Crippen LogP contribution is 2.23. The molecule has 0 bridgehead atoms. The first-order valence-electron chi connectivity index (χ1n) is 7.16. The van der Waals surface area contributed by atoms with Crippen molar-refractivity contribution in [3.63, 3.8) is 0 Å². The first-order valence-corrected chi connectivity index (χ1v) is 7.16. The van der Waals surface area contributed by atoms with Gasteiger partial charge in [-0.1, -0.05) is 25.7 Å². The van der Waals surface area contributed by atoms with Crippen LogP contribution in [-0.2, 0) is 0 Å². The van der Waals surface area contributed by atoms with E-state index >= 15 is 0 Å². The monoisotopic (exact) mass is 235 g/mol. The van der Waals surface area contributed by atoms with Gasteiger partial charge in [0.2, 0.25) is 0 Å². The Bertz CT molecular complexity index is 263. The molecule has 3 nitrogen and oxygen atoms in total. The zero-order chi connectivity index (χ0) is 12.1. The van der Waals surface area contributed by atoms with E-state index in [2.05, 4.69) is 23.2 Å². The second kappa shape index (κ2) is 6.37. The van der Waals surface area contributed by atoms with E-state index in [0.717, 1.165) is 19.1 Å². The fourth-order valence-corrected chi connectivity index (χ4v) is 3.37. The topological polar surface area (TPSA) is 39.1 Å². The smallest absolute Gasteiger partial charge is 0.0638 e. The Balaban J connectivity index is 1.91. The van der Waals surface area contributed by atoms with Crippen LogP contribution in [0.2, 0.25) is 0 Å². The SMILES string of the molecule is CC1CN(C2CCCCCC2)CC(CC#N)N1. The number of piperazine rings is 1. The third-order valence-electron chi connectivity index (χ3n) is 4.16. The van der Waals surface area contributed by atoms with Crippen LogP contribution in [0.1, 0.15) is 51.9 Å². The van der Waals surface area contributed by atoms with Gasteiger partial charge in [0.25, 0.3) is 0 Å². The molecule has 2 unspecified atom stereocenters. The minimum Gasteiger partial charge on any atom is -0.308 e. The molecule has 2 atom stereocenters. The van der Waals surface area contributed by atoms with E-state index in [-0.39, 0.29) is 0 Å². The van der Waals surface area contributed by atoms with Gasteiger partial charge in [0, 0.05) is 31.2 Å². The summed E-state index contributed by atoms with van der Waals surface area (Å²) in [6.45, 7) is 4.47. The lowest BCUT2D eigenvalue weighted by Gasteiger charge is -2.41. The third-order valence-corrected chi connectivity index (χ3v) is 4.16. The van der Waals surface area contributed by atoms with Crippen LogP contribution in [0.5, 0.6) is 0 Å². The van der Waals surface area contributed by atoms with E-state index in [9.17, 15) is 0 Å². The van der Waals surface area contributed by atoms with E-state index in [1.54, 1.807) is 0 Å². The van der Waals surface area contributed by atoms with Crippen LogP contribution in [0.3, 0.4) is 0 Å². The van der Waals surface area contributed by atoms with Crippen molar-refractivity contribution in [2.24, 2.45) is 0 Å². The zero-order valence-electron chi connectivity index (χ0n) is 11.0. The average molecular weight is 235 g/mol. The number of nitrogens with zero attached hydrogens (tertiary/aromatic N) is 2. The summed E-state index contributed by atoms with van der Waals surface area (Å²) in [5.41, 5.74) is 0. The van der Waals surface area contributed by atoms with Crippen molar-refractivity contribution in [2.45, 2.75) is 70.0 Å². The van der Waals surface area contributed by atoms with Crippen LogP contribution < -0.4 is 5.32 Å². The highest BCUT2D eigenvalue weighted by Gasteiger charge is 2.28. The largest absolute Gasteiger partial charge is 0.308 e. The molecule has 1 saturated carbocycles. The van der Waals surface area contributed by atoms with Crippen molar-refractivity contribution < 1.29 is 0 Å². The molecule has 2 aliphatic rings. The summed E-state index contributed by atoms with van der Waals surface area (Å²) in [5, 5.41) is 12.4. The van der Waals surface area contributed by atoms with Gasteiger partial charge in [-0.05, 0) is 19.8 Å². The Morgan fingerprint density at radius 3 is 2.53 bits per heavy atom. The van der Waals surface area contributed by atoms with Crippen LogP contribution in [-0.4, -0.2) is 36.1 Å². The summed E-state index contributed by atoms with van der Waals surface area (Å²) in [6.07, 6.45) is 9.00. The summed E-state index contributed by atoms with van der Waals surface area (Å²) in [6, 6.07) is 4.00. The Morgan fingerprint density at radius 2 is 1.88 bits per heavy atom. The molecule has 0 aromatic heterocycles. The van der Waals surface area contributed by atoms with Gasteiger partial charge in [-0.15, -0.1) is 0 Å². The van der Waals surface area contributed by atoms with E-state index in [4.69, 9.17) is 5.26 Å². The number of hydrogen-bond acceptors (Lipinski definition) is 3. The summed E-state index contributed by atoms with van der Waals surface area (Å²) in [4.78, 5) is 2.65. The standard InChI is InChI=1S/C14H25N3/c1-12-10-17(11-13(16-12)8-9-15)14-6-4-2-3-5-7-14/h12-14,16H,2-8,10-11H2,1H3. The van der Waals surface area contributed by atoms with Gasteiger partial charge >= 0.3 is 0 Å². The van der Waals surface area contributed by atoms with E-state index in [0.29, 0.717) is 18.5 Å². The second-order valence-corrected chi connectivity index (χ2v) is 5.73. The maximum absolute atomic E-state index is 8.84. The molecule has 17 heavy (non-hydrogen) atoms. The normalized spacial score (nSPS) is 32.9. The fraction of sp³-hybridized carbons (Fsp3) is 0.929. The number of hydrogen-bond donors (Lipinski definition) is 1. The number of rotatable bonds is 2. The van der Waals surface area contributed by atoms with Gasteiger partial charge in [0.1, 0.15) is 0 Å². The minimum atomic E-state index is 0.381. The molecule has 3 heteroatoms. The molecule has 0 aromatic rings. The predicted molar refractivity (Wildman–Crippen MR) is 69.7 cm³/mol. The number of nitriles is 1. The van der Waals surface area contributed by atoms with Crippen LogP contribution in [0.15, 0.2) is 0 Å². The Labute approximate surface area is 105 Å². The lowest BCUT2D eigenvalue weighted by Crippen LogP contribution is -2.57. The summed E-state index contributed by atoms with van der Waals surface area (Å²) in [7, 11) is 0. The van der Waals surface area contributed by atoms with Crippen LogP contribution >= 0.6 is 0 Å². The van der Waals surface area contributed by atoms with E-state index in [1.165, 1.54) is 38.5 Å². The molecule has 1 saturated heterocycles. The maximum atomic E-state index is 8.84. The van der Waals surface area contributed by atoms with Crippen molar-refractivity contribution in [2.75, 3.05) is 13.1 Å². The van der Waals surface area contributed by atoms with Crippen molar-refractivity contribution in [3.05, 3.63) is 0 Å². The van der Waals surface area contributed by atoms with Gasteiger partial charge in [-0.25, -0.2) is 0 Å². The average Bonchev–Trinajstić information content (AvgIpc) is 2.57. The van der Waals surface area contributed by atoms with Crippen LogP contribution in [0, 0.1) is 11.3 Å². The van der Waals surface area contributed by atoms with Gasteiger partial charge in [-0.2, -0.15) is 5.26 Å². The van der Waals surface area contributed by atoms with Crippen molar-refractivity contribution in [1.82, 2.24) is 10.2 Å². The highest BCUT2D eigenvalue weighted by atomic mass is 15.2. The van der Waals surface area contributed by atoms with Gasteiger partial charge in [0.05, 0.1) is 12.5 Å². The predicted octanol–water partition coefficient (Wildman–Crippen LogP) is 2.29. The second-order valence-electron chi connectivity index (χ2n) is 5.73. The molecule has 2 rings (SSSR count). The molecular weight excluding hydrogens is 210 g/mol. The Kier molecular flexibility index (Phi) is 4.82. The summed E-state index contributed by atoms with van der Waals surface area (Å²) in [5.74, 6) is 0. The fourth-order valence-electron chi connectivity index (χ4n) is 3.37. The lowest BCUT2D eigenvalue weighted by molar-refractivity contribution is 0.109. The van der Waals surface area contributed by atoms with Crippen molar-refractivity contribution >= 4 is 0 Å². The van der Waals surface area contributed by atoms with Gasteiger partial charge in [-0.3, -0.25) is 4.90 Å². The van der Waals surface area contributed by atoms with Gasteiger partial charge < -0.3 is 5.32 Å². The Hall–Kier alpha value is -0.590. The molecule has 1 heterocycles.